The highest BCUT2D eigenvalue weighted by Crippen LogP contribution is 2.42. The van der Waals surface area contributed by atoms with Crippen molar-refractivity contribution in [3.05, 3.63) is 28.8 Å². The molecule has 0 saturated carbocycles. The Kier molecular flexibility index (Phi) is 4.71. The maximum absolute atomic E-state index is 6.17. The Morgan fingerprint density at radius 1 is 1.53 bits per heavy atom. The van der Waals surface area contributed by atoms with Crippen molar-refractivity contribution in [3.8, 4) is 5.75 Å². The standard InChI is InChI=1S/C15H22ClNO2/c1-4-17-13-10-15(2,7-8-18-3)19-14-6-5-11(16)9-12(13)14/h5-6,9,13,17H,4,7-8,10H2,1-3H3. The van der Waals surface area contributed by atoms with E-state index in [2.05, 4.69) is 19.2 Å². The minimum atomic E-state index is -0.191. The average molecular weight is 284 g/mol. The molecule has 0 aromatic heterocycles. The number of nitrogens with one attached hydrogen (secondary N) is 1. The zero-order valence-electron chi connectivity index (χ0n) is 11.8. The minimum absolute atomic E-state index is 0.191. The van der Waals surface area contributed by atoms with Gasteiger partial charge in [-0.25, -0.2) is 0 Å². The molecule has 0 fully saturated rings. The van der Waals surface area contributed by atoms with Crippen LogP contribution in [0.3, 0.4) is 0 Å². The van der Waals surface area contributed by atoms with Crippen LogP contribution in [0.5, 0.6) is 5.75 Å². The highest BCUT2D eigenvalue weighted by molar-refractivity contribution is 6.30. The van der Waals surface area contributed by atoms with Crippen LogP contribution in [0.25, 0.3) is 0 Å². The molecular formula is C15H22ClNO2. The molecule has 106 valence electrons. The first-order valence-corrected chi connectivity index (χ1v) is 7.16. The molecule has 4 heteroatoms. The third-order valence-corrected chi connectivity index (χ3v) is 3.86. The molecule has 0 spiro atoms. The van der Waals surface area contributed by atoms with Gasteiger partial charge in [0.15, 0.2) is 0 Å². The van der Waals surface area contributed by atoms with Gasteiger partial charge in [-0.05, 0) is 31.7 Å². The Hall–Kier alpha value is -0.770. The lowest BCUT2D eigenvalue weighted by atomic mass is 9.86. The van der Waals surface area contributed by atoms with Crippen molar-refractivity contribution in [1.82, 2.24) is 5.32 Å². The van der Waals surface area contributed by atoms with E-state index < -0.39 is 0 Å². The lowest BCUT2D eigenvalue weighted by Gasteiger charge is -2.40. The third-order valence-electron chi connectivity index (χ3n) is 3.63. The number of halogens is 1. The maximum Gasteiger partial charge on any atom is 0.125 e. The molecule has 0 radical (unpaired) electrons. The maximum atomic E-state index is 6.17. The number of hydrogen-bond acceptors (Lipinski definition) is 3. The summed E-state index contributed by atoms with van der Waals surface area (Å²) in [5, 5.41) is 4.28. The molecule has 0 aliphatic carbocycles. The molecular weight excluding hydrogens is 262 g/mol. The molecule has 0 bridgehead atoms. The van der Waals surface area contributed by atoms with Gasteiger partial charge in [-0.1, -0.05) is 18.5 Å². The number of fused-ring (bicyclic) bond motifs is 1. The average Bonchev–Trinajstić information content (AvgIpc) is 2.38. The number of rotatable bonds is 5. The van der Waals surface area contributed by atoms with Gasteiger partial charge in [0.1, 0.15) is 11.4 Å². The van der Waals surface area contributed by atoms with Crippen LogP contribution in [0.15, 0.2) is 18.2 Å². The van der Waals surface area contributed by atoms with Gasteiger partial charge < -0.3 is 14.8 Å². The smallest absolute Gasteiger partial charge is 0.125 e. The van der Waals surface area contributed by atoms with Gasteiger partial charge in [0.05, 0.1) is 0 Å². The first kappa shape index (κ1) is 14.6. The van der Waals surface area contributed by atoms with Crippen LogP contribution in [-0.4, -0.2) is 25.9 Å². The summed E-state index contributed by atoms with van der Waals surface area (Å²) in [4.78, 5) is 0. The Bertz CT molecular complexity index is 438. The van der Waals surface area contributed by atoms with Crippen molar-refractivity contribution in [2.75, 3.05) is 20.3 Å². The first-order valence-electron chi connectivity index (χ1n) is 6.79. The zero-order chi connectivity index (χ0) is 13.9. The second-order valence-corrected chi connectivity index (χ2v) is 5.73. The summed E-state index contributed by atoms with van der Waals surface area (Å²) in [5.41, 5.74) is 0.966. The summed E-state index contributed by atoms with van der Waals surface area (Å²) < 4.78 is 11.4. The Balaban J connectivity index is 2.27. The van der Waals surface area contributed by atoms with Gasteiger partial charge >= 0.3 is 0 Å². The van der Waals surface area contributed by atoms with Crippen molar-refractivity contribution < 1.29 is 9.47 Å². The quantitative estimate of drug-likeness (QED) is 0.896. The van der Waals surface area contributed by atoms with E-state index in [0.29, 0.717) is 6.61 Å². The van der Waals surface area contributed by atoms with Crippen LogP contribution in [-0.2, 0) is 4.74 Å². The lowest BCUT2D eigenvalue weighted by Crippen LogP contribution is -2.42. The molecule has 19 heavy (non-hydrogen) atoms. The van der Waals surface area contributed by atoms with Crippen LogP contribution >= 0.6 is 11.6 Å². The van der Waals surface area contributed by atoms with Gasteiger partial charge in [-0.3, -0.25) is 0 Å². The van der Waals surface area contributed by atoms with E-state index in [4.69, 9.17) is 21.1 Å². The monoisotopic (exact) mass is 283 g/mol. The Labute approximate surface area is 120 Å². The second kappa shape index (κ2) is 6.12. The second-order valence-electron chi connectivity index (χ2n) is 5.29. The van der Waals surface area contributed by atoms with Crippen LogP contribution in [0.4, 0.5) is 0 Å². The predicted octanol–water partition coefficient (Wildman–Crippen LogP) is 3.57. The molecule has 1 aromatic carbocycles. The molecule has 1 N–H and O–H groups in total. The minimum Gasteiger partial charge on any atom is -0.487 e. The van der Waals surface area contributed by atoms with Crippen molar-refractivity contribution in [3.63, 3.8) is 0 Å². The van der Waals surface area contributed by atoms with Crippen molar-refractivity contribution in [2.45, 2.75) is 38.3 Å². The van der Waals surface area contributed by atoms with Gasteiger partial charge in [-0.15, -0.1) is 0 Å². The molecule has 0 saturated heterocycles. The van der Waals surface area contributed by atoms with E-state index in [-0.39, 0.29) is 11.6 Å². The molecule has 1 aromatic rings. The summed E-state index contributed by atoms with van der Waals surface area (Å²) in [6.07, 6.45) is 1.81. The summed E-state index contributed by atoms with van der Waals surface area (Å²) >= 11 is 6.09. The topological polar surface area (TPSA) is 30.5 Å². The molecule has 1 aliphatic heterocycles. The number of hydrogen-bond donors (Lipinski definition) is 1. The number of methoxy groups -OCH3 is 1. The van der Waals surface area contributed by atoms with E-state index in [1.54, 1.807) is 7.11 Å². The van der Waals surface area contributed by atoms with Crippen molar-refractivity contribution in [2.24, 2.45) is 0 Å². The molecule has 2 rings (SSSR count). The van der Waals surface area contributed by atoms with Crippen LogP contribution < -0.4 is 10.1 Å². The summed E-state index contributed by atoms with van der Waals surface area (Å²) in [5.74, 6) is 0.931. The summed E-state index contributed by atoms with van der Waals surface area (Å²) in [6.45, 7) is 5.90. The molecule has 0 amide bonds. The molecule has 2 unspecified atom stereocenters. The summed E-state index contributed by atoms with van der Waals surface area (Å²) in [6, 6.07) is 6.13. The number of ether oxygens (including phenoxy) is 2. The first-order chi connectivity index (χ1) is 9.08. The van der Waals surface area contributed by atoms with E-state index in [0.717, 1.165) is 35.7 Å². The largest absolute Gasteiger partial charge is 0.487 e. The lowest BCUT2D eigenvalue weighted by molar-refractivity contribution is 0.0172. The van der Waals surface area contributed by atoms with Gasteiger partial charge in [-0.2, -0.15) is 0 Å². The zero-order valence-corrected chi connectivity index (χ0v) is 12.6. The molecule has 1 aliphatic rings. The highest BCUT2D eigenvalue weighted by Gasteiger charge is 2.36. The van der Waals surface area contributed by atoms with E-state index in [1.807, 2.05) is 18.2 Å². The van der Waals surface area contributed by atoms with E-state index >= 15 is 0 Å². The van der Waals surface area contributed by atoms with Gasteiger partial charge in [0.25, 0.3) is 0 Å². The van der Waals surface area contributed by atoms with Crippen LogP contribution in [0.1, 0.15) is 38.3 Å². The molecule has 2 atom stereocenters. The fourth-order valence-corrected chi connectivity index (χ4v) is 2.81. The Morgan fingerprint density at radius 2 is 2.32 bits per heavy atom. The molecule has 3 nitrogen and oxygen atoms in total. The van der Waals surface area contributed by atoms with E-state index in [9.17, 15) is 0 Å². The normalized spacial score (nSPS) is 25.8. The molecule has 1 heterocycles. The van der Waals surface area contributed by atoms with E-state index in [1.165, 1.54) is 0 Å². The highest BCUT2D eigenvalue weighted by atomic mass is 35.5. The van der Waals surface area contributed by atoms with Crippen molar-refractivity contribution in [1.29, 1.82) is 0 Å². The fourth-order valence-electron chi connectivity index (χ4n) is 2.63. The van der Waals surface area contributed by atoms with Crippen LogP contribution in [0, 0.1) is 0 Å². The third kappa shape index (κ3) is 3.41. The van der Waals surface area contributed by atoms with Gasteiger partial charge in [0, 0.05) is 43.2 Å². The van der Waals surface area contributed by atoms with Crippen LogP contribution in [0.2, 0.25) is 5.02 Å². The van der Waals surface area contributed by atoms with Crippen molar-refractivity contribution >= 4 is 11.6 Å². The Morgan fingerprint density at radius 3 is 3.00 bits per heavy atom. The fraction of sp³-hybridized carbons (Fsp3) is 0.600. The number of benzene rings is 1. The summed E-state index contributed by atoms with van der Waals surface area (Å²) in [7, 11) is 1.72. The van der Waals surface area contributed by atoms with Gasteiger partial charge in [0.2, 0.25) is 0 Å². The predicted molar refractivity (Wildman–Crippen MR) is 78.0 cm³/mol. The SMILES string of the molecule is CCNC1CC(C)(CCOC)Oc2ccc(Cl)cc21.